The summed E-state index contributed by atoms with van der Waals surface area (Å²) < 4.78 is 2.72. The lowest BCUT2D eigenvalue weighted by atomic mass is 10.1. The minimum Gasteiger partial charge on any atom is -0.305 e. The van der Waals surface area contributed by atoms with Gasteiger partial charge in [-0.1, -0.05) is 29.8 Å². The van der Waals surface area contributed by atoms with Crippen LogP contribution in [0.3, 0.4) is 0 Å². The Kier molecular flexibility index (Phi) is 4.39. The third-order valence-corrected chi connectivity index (χ3v) is 4.78. The Labute approximate surface area is 133 Å². The summed E-state index contributed by atoms with van der Waals surface area (Å²) in [5, 5.41) is 7.85. The van der Waals surface area contributed by atoms with Crippen LogP contribution in [0.5, 0.6) is 0 Å². The van der Waals surface area contributed by atoms with Gasteiger partial charge in [0.1, 0.15) is 0 Å². The summed E-state index contributed by atoms with van der Waals surface area (Å²) in [5.41, 5.74) is 2.32. The molecule has 0 fully saturated rings. The first kappa shape index (κ1) is 14.3. The topological polar surface area (TPSA) is 29.9 Å². The van der Waals surface area contributed by atoms with Gasteiger partial charge in [-0.15, -0.1) is 11.3 Å². The van der Waals surface area contributed by atoms with Crippen LogP contribution < -0.4 is 5.32 Å². The molecule has 3 rings (SSSR count). The zero-order valence-corrected chi connectivity index (χ0v) is 13.2. The van der Waals surface area contributed by atoms with Crippen LogP contribution in [0, 0.1) is 0 Å². The second-order valence-electron chi connectivity index (χ2n) is 4.82. The van der Waals surface area contributed by atoms with Crippen molar-refractivity contribution in [2.24, 2.45) is 0 Å². The molecule has 0 spiro atoms. The molecule has 2 aromatic heterocycles. The van der Waals surface area contributed by atoms with Gasteiger partial charge in [0.05, 0.1) is 10.0 Å². The summed E-state index contributed by atoms with van der Waals surface area (Å²) in [4.78, 5) is 1.25. The van der Waals surface area contributed by atoms with Crippen LogP contribution in [0.2, 0.25) is 4.34 Å². The third-order valence-electron chi connectivity index (χ3n) is 3.36. The van der Waals surface area contributed by atoms with Gasteiger partial charge >= 0.3 is 0 Å². The molecule has 0 saturated carbocycles. The van der Waals surface area contributed by atoms with Gasteiger partial charge < -0.3 is 5.32 Å². The van der Waals surface area contributed by atoms with Crippen molar-refractivity contribution in [1.29, 1.82) is 0 Å². The lowest BCUT2D eigenvalue weighted by molar-refractivity contribution is 0.580. The fourth-order valence-corrected chi connectivity index (χ4v) is 3.31. The summed E-state index contributed by atoms with van der Waals surface area (Å²) in [6, 6.07) is 14.5. The third kappa shape index (κ3) is 3.35. The first-order chi connectivity index (χ1) is 10.2. The largest absolute Gasteiger partial charge is 0.305 e. The average molecular weight is 318 g/mol. The predicted octanol–water partition coefficient (Wildman–Crippen LogP) is 4.44. The number of hydrogen-bond donors (Lipinski definition) is 1. The van der Waals surface area contributed by atoms with Gasteiger partial charge in [0.2, 0.25) is 0 Å². The van der Waals surface area contributed by atoms with E-state index in [-0.39, 0.29) is 6.04 Å². The molecule has 2 heterocycles. The van der Waals surface area contributed by atoms with Gasteiger partial charge in [-0.25, -0.2) is 4.68 Å². The lowest BCUT2D eigenvalue weighted by Gasteiger charge is -2.14. The van der Waals surface area contributed by atoms with Gasteiger partial charge in [0.15, 0.2) is 0 Å². The van der Waals surface area contributed by atoms with Crippen LogP contribution in [0.25, 0.3) is 5.69 Å². The standard InChI is InChI=1S/C16H16ClN3S/c1-12(15-7-8-16(17)21-15)18-11-13-5-2-3-6-14(13)20-10-4-9-19-20/h2-10,12,18H,11H2,1H3. The molecular weight excluding hydrogens is 302 g/mol. The molecule has 0 bridgehead atoms. The summed E-state index contributed by atoms with van der Waals surface area (Å²) in [6.07, 6.45) is 3.75. The molecule has 0 aliphatic rings. The Bertz CT molecular complexity index is 706. The number of halogens is 1. The molecule has 0 radical (unpaired) electrons. The molecule has 0 aliphatic carbocycles. The summed E-state index contributed by atoms with van der Waals surface area (Å²) in [7, 11) is 0. The molecule has 1 atom stereocenters. The second-order valence-corrected chi connectivity index (χ2v) is 6.57. The Morgan fingerprint density at radius 1 is 1.24 bits per heavy atom. The Balaban J connectivity index is 1.74. The fourth-order valence-electron chi connectivity index (χ4n) is 2.22. The van der Waals surface area contributed by atoms with E-state index < -0.39 is 0 Å². The molecule has 3 nitrogen and oxygen atoms in total. The molecule has 21 heavy (non-hydrogen) atoms. The van der Waals surface area contributed by atoms with Crippen molar-refractivity contribution < 1.29 is 0 Å². The first-order valence-corrected chi connectivity index (χ1v) is 8.00. The van der Waals surface area contributed by atoms with Gasteiger partial charge in [-0.2, -0.15) is 5.10 Å². The van der Waals surface area contributed by atoms with E-state index in [9.17, 15) is 0 Å². The first-order valence-electron chi connectivity index (χ1n) is 6.80. The van der Waals surface area contributed by atoms with E-state index in [1.807, 2.05) is 29.1 Å². The van der Waals surface area contributed by atoms with Crippen LogP contribution in [0.1, 0.15) is 23.4 Å². The molecule has 0 aliphatic heterocycles. The monoisotopic (exact) mass is 317 g/mol. The van der Waals surface area contributed by atoms with E-state index in [0.717, 1.165) is 16.6 Å². The number of nitrogens with one attached hydrogen (secondary N) is 1. The van der Waals surface area contributed by atoms with Gasteiger partial charge in [0.25, 0.3) is 0 Å². The molecule has 1 aromatic carbocycles. The Hall–Kier alpha value is -1.62. The number of para-hydroxylation sites is 1. The van der Waals surface area contributed by atoms with Crippen LogP contribution in [-0.4, -0.2) is 9.78 Å². The number of rotatable bonds is 5. The number of thiophene rings is 1. The second kappa shape index (κ2) is 6.43. The highest BCUT2D eigenvalue weighted by Gasteiger charge is 2.09. The molecule has 1 N–H and O–H groups in total. The number of benzene rings is 1. The molecular formula is C16H16ClN3S. The van der Waals surface area contributed by atoms with Gasteiger partial charge in [-0.3, -0.25) is 0 Å². The SMILES string of the molecule is CC(NCc1ccccc1-n1cccn1)c1ccc(Cl)s1. The van der Waals surface area contributed by atoms with E-state index in [1.54, 1.807) is 17.5 Å². The highest BCUT2D eigenvalue weighted by Crippen LogP contribution is 2.27. The van der Waals surface area contributed by atoms with E-state index in [4.69, 9.17) is 11.6 Å². The minimum atomic E-state index is 0.271. The number of aromatic nitrogens is 2. The highest BCUT2D eigenvalue weighted by molar-refractivity contribution is 7.16. The maximum atomic E-state index is 5.99. The summed E-state index contributed by atoms with van der Waals surface area (Å²) in [6.45, 7) is 2.94. The van der Waals surface area contributed by atoms with Gasteiger partial charge in [-0.05, 0) is 36.8 Å². The molecule has 3 aromatic rings. The molecule has 108 valence electrons. The van der Waals surface area contributed by atoms with E-state index in [1.165, 1.54) is 10.4 Å². The maximum Gasteiger partial charge on any atom is 0.0931 e. The van der Waals surface area contributed by atoms with Crippen LogP contribution in [0.15, 0.2) is 54.9 Å². The lowest BCUT2D eigenvalue weighted by Crippen LogP contribution is -2.18. The van der Waals surface area contributed by atoms with Crippen LogP contribution in [0.4, 0.5) is 0 Å². The zero-order chi connectivity index (χ0) is 14.7. The summed E-state index contributed by atoms with van der Waals surface area (Å²) in [5.74, 6) is 0. The van der Waals surface area contributed by atoms with Crippen molar-refractivity contribution in [3.05, 3.63) is 69.6 Å². The molecule has 0 saturated heterocycles. The van der Waals surface area contributed by atoms with Crippen molar-refractivity contribution in [3.63, 3.8) is 0 Å². The normalized spacial score (nSPS) is 12.5. The van der Waals surface area contributed by atoms with Crippen molar-refractivity contribution in [3.8, 4) is 5.69 Å². The Morgan fingerprint density at radius 3 is 2.81 bits per heavy atom. The number of nitrogens with zero attached hydrogens (tertiary/aromatic N) is 2. The van der Waals surface area contributed by atoms with Crippen molar-refractivity contribution >= 4 is 22.9 Å². The fraction of sp³-hybridized carbons (Fsp3) is 0.188. The average Bonchev–Trinajstić information content (AvgIpc) is 3.16. The molecule has 1 unspecified atom stereocenters. The smallest absolute Gasteiger partial charge is 0.0931 e. The van der Waals surface area contributed by atoms with Crippen molar-refractivity contribution in [2.45, 2.75) is 19.5 Å². The highest BCUT2D eigenvalue weighted by atomic mass is 35.5. The van der Waals surface area contributed by atoms with E-state index in [0.29, 0.717) is 0 Å². The minimum absolute atomic E-state index is 0.271. The van der Waals surface area contributed by atoms with Crippen LogP contribution >= 0.6 is 22.9 Å². The number of hydrogen-bond acceptors (Lipinski definition) is 3. The quantitative estimate of drug-likeness (QED) is 0.754. The maximum absolute atomic E-state index is 5.99. The molecule has 0 amide bonds. The van der Waals surface area contributed by atoms with Crippen molar-refractivity contribution in [1.82, 2.24) is 15.1 Å². The summed E-state index contributed by atoms with van der Waals surface area (Å²) >= 11 is 7.61. The Morgan fingerprint density at radius 2 is 2.10 bits per heavy atom. The molecule has 5 heteroatoms. The van der Waals surface area contributed by atoms with E-state index >= 15 is 0 Å². The van der Waals surface area contributed by atoms with Crippen LogP contribution in [-0.2, 0) is 6.54 Å². The van der Waals surface area contributed by atoms with Crippen molar-refractivity contribution in [2.75, 3.05) is 0 Å². The van der Waals surface area contributed by atoms with Gasteiger partial charge in [0, 0.05) is 29.9 Å². The predicted molar refractivity (Wildman–Crippen MR) is 88.1 cm³/mol. The van der Waals surface area contributed by atoms with E-state index in [2.05, 4.69) is 41.6 Å². The zero-order valence-electron chi connectivity index (χ0n) is 11.7.